The van der Waals surface area contributed by atoms with Crippen LogP contribution < -0.4 is 0 Å². The van der Waals surface area contributed by atoms with E-state index in [1.165, 1.54) is 6.42 Å². The molecule has 0 amide bonds. The van der Waals surface area contributed by atoms with E-state index in [-0.39, 0.29) is 6.10 Å². The summed E-state index contributed by atoms with van der Waals surface area (Å²) in [5.41, 5.74) is 0. The largest absolute Gasteiger partial charge is 0.393 e. The van der Waals surface area contributed by atoms with Crippen molar-refractivity contribution >= 4 is 0 Å². The van der Waals surface area contributed by atoms with Crippen molar-refractivity contribution in [3.63, 3.8) is 0 Å². The van der Waals surface area contributed by atoms with Gasteiger partial charge in [-0.15, -0.1) is 0 Å². The van der Waals surface area contributed by atoms with Crippen molar-refractivity contribution in [2.75, 3.05) is 47.1 Å². The number of hydrogen-bond donors (Lipinski definition) is 1. The maximum Gasteiger partial charge on any atom is 0.0589 e. The van der Waals surface area contributed by atoms with Crippen LogP contribution in [0.2, 0.25) is 0 Å². The van der Waals surface area contributed by atoms with Crippen molar-refractivity contribution in [3.8, 4) is 0 Å². The number of methoxy groups -OCH3 is 2. The van der Waals surface area contributed by atoms with E-state index >= 15 is 0 Å². The second-order valence-corrected chi connectivity index (χ2v) is 6.43. The van der Waals surface area contributed by atoms with Crippen LogP contribution in [0, 0.1) is 17.8 Å². The summed E-state index contributed by atoms with van der Waals surface area (Å²) in [5, 5.41) is 10.3. The summed E-state index contributed by atoms with van der Waals surface area (Å²) in [5.74, 6) is 1.87. The first-order valence-electron chi connectivity index (χ1n) is 7.96. The average Bonchev–Trinajstić information content (AvgIpc) is 2.43. The van der Waals surface area contributed by atoms with E-state index in [0.717, 1.165) is 57.5 Å². The Hall–Kier alpha value is -0.160. The molecule has 0 spiro atoms. The van der Waals surface area contributed by atoms with Crippen LogP contribution >= 0.6 is 0 Å². The molecule has 1 aliphatic rings. The van der Waals surface area contributed by atoms with Crippen LogP contribution in [-0.4, -0.2) is 63.2 Å². The monoisotopic (exact) mass is 287 g/mol. The van der Waals surface area contributed by atoms with Crippen LogP contribution in [0.4, 0.5) is 0 Å². The molecule has 3 unspecified atom stereocenters. The molecular weight excluding hydrogens is 254 g/mol. The van der Waals surface area contributed by atoms with Gasteiger partial charge < -0.3 is 14.6 Å². The van der Waals surface area contributed by atoms with E-state index in [1.807, 2.05) is 0 Å². The van der Waals surface area contributed by atoms with Crippen molar-refractivity contribution in [2.45, 2.75) is 39.2 Å². The molecule has 1 N–H and O–H groups in total. The minimum absolute atomic E-state index is 0.141. The highest BCUT2D eigenvalue weighted by atomic mass is 16.5. The topological polar surface area (TPSA) is 41.9 Å². The molecule has 0 aromatic rings. The van der Waals surface area contributed by atoms with Crippen molar-refractivity contribution in [1.82, 2.24) is 4.90 Å². The Bertz CT molecular complexity index is 240. The Morgan fingerprint density at radius 1 is 1.10 bits per heavy atom. The molecule has 0 heterocycles. The molecule has 0 radical (unpaired) electrons. The molecule has 1 saturated carbocycles. The van der Waals surface area contributed by atoms with Crippen LogP contribution in [0.5, 0.6) is 0 Å². The zero-order chi connectivity index (χ0) is 15.0. The molecule has 0 aromatic heterocycles. The van der Waals surface area contributed by atoms with Gasteiger partial charge in [-0.25, -0.2) is 0 Å². The molecule has 3 atom stereocenters. The number of ether oxygens (including phenoxy) is 2. The van der Waals surface area contributed by atoms with E-state index in [9.17, 15) is 5.11 Å². The quantitative estimate of drug-likeness (QED) is 0.704. The lowest BCUT2D eigenvalue weighted by molar-refractivity contribution is 0.0101. The molecule has 0 saturated heterocycles. The van der Waals surface area contributed by atoms with Gasteiger partial charge in [0.1, 0.15) is 0 Å². The van der Waals surface area contributed by atoms with Crippen LogP contribution in [0.25, 0.3) is 0 Å². The van der Waals surface area contributed by atoms with Crippen molar-refractivity contribution in [1.29, 1.82) is 0 Å². The molecular formula is C16H33NO3. The van der Waals surface area contributed by atoms with Gasteiger partial charge >= 0.3 is 0 Å². The van der Waals surface area contributed by atoms with Gasteiger partial charge in [-0.05, 0) is 37.0 Å². The molecule has 0 bridgehead atoms. The van der Waals surface area contributed by atoms with E-state index in [2.05, 4.69) is 18.7 Å². The van der Waals surface area contributed by atoms with E-state index in [4.69, 9.17) is 9.47 Å². The summed E-state index contributed by atoms with van der Waals surface area (Å²) in [4.78, 5) is 2.36. The van der Waals surface area contributed by atoms with Crippen LogP contribution in [0.1, 0.15) is 33.1 Å². The van der Waals surface area contributed by atoms with Crippen molar-refractivity contribution in [2.24, 2.45) is 17.8 Å². The van der Waals surface area contributed by atoms with Crippen LogP contribution in [0.15, 0.2) is 0 Å². The summed E-state index contributed by atoms with van der Waals surface area (Å²) in [7, 11) is 3.47. The minimum atomic E-state index is -0.141. The minimum Gasteiger partial charge on any atom is -0.393 e. The summed E-state index contributed by atoms with van der Waals surface area (Å²) in [6.07, 6.45) is 3.13. The van der Waals surface area contributed by atoms with Gasteiger partial charge in [0.2, 0.25) is 0 Å². The fraction of sp³-hybridized carbons (Fsp3) is 1.00. The van der Waals surface area contributed by atoms with Gasteiger partial charge in [-0.2, -0.15) is 0 Å². The van der Waals surface area contributed by atoms with Crippen molar-refractivity contribution in [3.05, 3.63) is 0 Å². The Morgan fingerprint density at radius 3 is 2.20 bits per heavy atom. The predicted molar refractivity (Wildman–Crippen MR) is 81.9 cm³/mol. The van der Waals surface area contributed by atoms with Gasteiger partial charge in [0.05, 0.1) is 19.3 Å². The highest BCUT2D eigenvalue weighted by molar-refractivity contribution is 4.83. The highest BCUT2D eigenvalue weighted by Gasteiger charge is 2.31. The third-order valence-corrected chi connectivity index (χ3v) is 4.64. The zero-order valence-electron chi connectivity index (χ0n) is 13.7. The smallest absolute Gasteiger partial charge is 0.0589 e. The van der Waals surface area contributed by atoms with E-state index in [0.29, 0.717) is 5.92 Å². The first-order chi connectivity index (χ1) is 9.58. The maximum atomic E-state index is 10.3. The summed E-state index contributed by atoms with van der Waals surface area (Å²) in [6.45, 7) is 8.85. The Labute approximate surface area is 124 Å². The number of aliphatic hydroxyl groups is 1. The number of rotatable bonds is 9. The van der Waals surface area contributed by atoms with Gasteiger partial charge in [-0.3, -0.25) is 4.90 Å². The number of nitrogens with zero attached hydrogens (tertiary/aromatic N) is 1. The van der Waals surface area contributed by atoms with E-state index < -0.39 is 0 Å². The second-order valence-electron chi connectivity index (χ2n) is 6.43. The normalized spacial score (nSPS) is 27.4. The van der Waals surface area contributed by atoms with Gasteiger partial charge in [0.15, 0.2) is 0 Å². The standard InChI is InChI=1S/C16H33NO3/c1-13(2)14-5-6-16(18)15(11-14)12-17(7-9-19-3)8-10-20-4/h13-16,18H,5-12H2,1-4H3. The summed E-state index contributed by atoms with van der Waals surface area (Å²) < 4.78 is 10.4. The number of hydrogen-bond acceptors (Lipinski definition) is 4. The zero-order valence-corrected chi connectivity index (χ0v) is 13.7. The highest BCUT2D eigenvalue weighted by Crippen LogP contribution is 2.34. The molecule has 0 aromatic carbocycles. The Balaban J connectivity index is 2.50. The van der Waals surface area contributed by atoms with Crippen molar-refractivity contribution < 1.29 is 14.6 Å². The Kier molecular flexibility index (Phi) is 8.69. The molecule has 4 nitrogen and oxygen atoms in total. The SMILES string of the molecule is COCCN(CCOC)CC1CC(C(C)C)CCC1O. The average molecular weight is 287 g/mol. The fourth-order valence-corrected chi connectivity index (χ4v) is 3.15. The lowest BCUT2D eigenvalue weighted by atomic mass is 9.74. The number of aliphatic hydroxyl groups excluding tert-OH is 1. The van der Waals surface area contributed by atoms with Gasteiger partial charge in [0.25, 0.3) is 0 Å². The third kappa shape index (κ3) is 6.08. The molecule has 4 heteroatoms. The van der Waals surface area contributed by atoms with Crippen LogP contribution in [-0.2, 0) is 9.47 Å². The molecule has 1 rings (SSSR count). The first kappa shape index (κ1) is 17.9. The lowest BCUT2D eigenvalue weighted by Gasteiger charge is -2.38. The van der Waals surface area contributed by atoms with Gasteiger partial charge in [0, 0.05) is 33.9 Å². The first-order valence-corrected chi connectivity index (χ1v) is 7.96. The van der Waals surface area contributed by atoms with Crippen LogP contribution in [0.3, 0.4) is 0 Å². The second kappa shape index (κ2) is 9.72. The molecule has 20 heavy (non-hydrogen) atoms. The maximum absolute atomic E-state index is 10.3. The Morgan fingerprint density at radius 2 is 1.70 bits per heavy atom. The van der Waals surface area contributed by atoms with E-state index in [1.54, 1.807) is 14.2 Å². The molecule has 1 fully saturated rings. The molecule has 120 valence electrons. The lowest BCUT2D eigenvalue weighted by Crippen LogP contribution is -2.42. The predicted octanol–water partition coefficient (Wildman–Crippen LogP) is 2.01. The molecule has 1 aliphatic carbocycles. The van der Waals surface area contributed by atoms with Gasteiger partial charge in [-0.1, -0.05) is 13.8 Å². The summed E-state index contributed by atoms with van der Waals surface area (Å²) >= 11 is 0. The molecule has 0 aliphatic heterocycles. The summed E-state index contributed by atoms with van der Waals surface area (Å²) in [6, 6.07) is 0. The fourth-order valence-electron chi connectivity index (χ4n) is 3.15. The third-order valence-electron chi connectivity index (χ3n) is 4.64.